The Morgan fingerprint density at radius 2 is 1.56 bits per heavy atom. The van der Waals surface area contributed by atoms with Gasteiger partial charge in [-0.2, -0.15) is 0 Å². The van der Waals surface area contributed by atoms with E-state index < -0.39 is 0 Å². The summed E-state index contributed by atoms with van der Waals surface area (Å²) in [7, 11) is 2.95. The molecule has 0 fully saturated rings. The number of methoxy groups -OCH3 is 2. The molecule has 2 aromatic carbocycles. The largest absolute Gasteiger partial charge is 0.497 e. The number of benzene rings is 2. The summed E-state index contributed by atoms with van der Waals surface area (Å²) in [5, 5.41) is 0. The Morgan fingerprint density at radius 3 is 2.00 bits per heavy atom. The molecule has 0 unspecified atom stereocenters. The van der Waals surface area contributed by atoms with Gasteiger partial charge < -0.3 is 9.47 Å². The Labute approximate surface area is 105 Å². The van der Waals surface area contributed by atoms with Crippen molar-refractivity contribution in [2.45, 2.75) is 0 Å². The third-order valence-corrected chi connectivity index (χ3v) is 2.09. The molecular formula is C14H14F2O2. The van der Waals surface area contributed by atoms with Gasteiger partial charge in [0.15, 0.2) is 11.6 Å². The van der Waals surface area contributed by atoms with Gasteiger partial charge in [-0.05, 0) is 24.3 Å². The molecule has 2 rings (SSSR count). The van der Waals surface area contributed by atoms with Crippen molar-refractivity contribution in [2.24, 2.45) is 0 Å². The van der Waals surface area contributed by atoms with Crippen molar-refractivity contribution in [3.05, 3.63) is 60.2 Å². The van der Waals surface area contributed by atoms with Gasteiger partial charge in [-0.3, -0.25) is 0 Å². The lowest BCUT2D eigenvalue weighted by atomic mass is 10.3. The molecule has 2 nitrogen and oxygen atoms in total. The normalized spacial score (nSPS) is 9.11. The second-order valence-electron chi connectivity index (χ2n) is 3.30. The van der Waals surface area contributed by atoms with E-state index >= 15 is 0 Å². The zero-order valence-corrected chi connectivity index (χ0v) is 10.2. The molecule has 0 saturated heterocycles. The van der Waals surface area contributed by atoms with E-state index in [0.717, 1.165) is 0 Å². The maximum atomic E-state index is 12.5. The Hall–Kier alpha value is -2.10. The van der Waals surface area contributed by atoms with Gasteiger partial charge in [0.25, 0.3) is 0 Å². The van der Waals surface area contributed by atoms with Crippen LogP contribution < -0.4 is 9.47 Å². The zero-order chi connectivity index (χ0) is 13.4. The van der Waals surface area contributed by atoms with Gasteiger partial charge in [0.1, 0.15) is 11.6 Å². The molecule has 0 heterocycles. The lowest BCUT2D eigenvalue weighted by Gasteiger charge is -1.97. The topological polar surface area (TPSA) is 18.5 Å². The van der Waals surface area contributed by atoms with Gasteiger partial charge >= 0.3 is 0 Å². The van der Waals surface area contributed by atoms with Gasteiger partial charge in [-0.15, -0.1) is 0 Å². The Kier molecular flexibility index (Phi) is 5.64. The zero-order valence-electron chi connectivity index (χ0n) is 10.2. The third-order valence-electron chi connectivity index (χ3n) is 2.09. The van der Waals surface area contributed by atoms with E-state index in [0.29, 0.717) is 5.75 Å². The predicted octanol–water partition coefficient (Wildman–Crippen LogP) is 3.67. The SMILES string of the molecule is COc1cccc(F)c1.COc1ccccc1F. The van der Waals surface area contributed by atoms with Gasteiger partial charge in [0.2, 0.25) is 0 Å². The molecule has 2 aromatic rings. The summed E-state index contributed by atoms with van der Waals surface area (Å²) >= 11 is 0. The van der Waals surface area contributed by atoms with Crippen LogP contribution in [0, 0.1) is 11.6 Å². The highest BCUT2D eigenvalue weighted by Gasteiger charge is 1.95. The number of hydrogen-bond donors (Lipinski definition) is 0. The predicted molar refractivity (Wildman–Crippen MR) is 65.9 cm³/mol. The second-order valence-corrected chi connectivity index (χ2v) is 3.30. The molecule has 0 amide bonds. The van der Waals surface area contributed by atoms with Crippen LogP contribution in [0.15, 0.2) is 48.5 Å². The molecule has 18 heavy (non-hydrogen) atoms. The first-order chi connectivity index (χ1) is 8.67. The van der Waals surface area contributed by atoms with Gasteiger partial charge in [-0.1, -0.05) is 18.2 Å². The lowest BCUT2D eigenvalue weighted by Crippen LogP contribution is -1.85. The number of halogens is 2. The number of hydrogen-bond acceptors (Lipinski definition) is 2. The summed E-state index contributed by atoms with van der Waals surface area (Å²) in [6, 6.07) is 12.3. The fraction of sp³-hybridized carbons (Fsp3) is 0.143. The lowest BCUT2D eigenvalue weighted by molar-refractivity contribution is 0.386. The van der Waals surface area contributed by atoms with Crippen molar-refractivity contribution in [2.75, 3.05) is 14.2 Å². The summed E-state index contributed by atoms with van der Waals surface area (Å²) < 4.78 is 34.2. The molecule has 0 bridgehead atoms. The highest BCUT2D eigenvalue weighted by Crippen LogP contribution is 2.13. The third kappa shape index (κ3) is 4.41. The minimum Gasteiger partial charge on any atom is -0.497 e. The van der Waals surface area contributed by atoms with Gasteiger partial charge in [0, 0.05) is 6.07 Å². The van der Waals surface area contributed by atoms with Crippen molar-refractivity contribution in [3.63, 3.8) is 0 Å². The summed E-state index contributed by atoms with van der Waals surface area (Å²) in [6.07, 6.45) is 0. The fourth-order valence-electron chi connectivity index (χ4n) is 1.20. The molecule has 4 heteroatoms. The van der Waals surface area contributed by atoms with E-state index in [2.05, 4.69) is 4.74 Å². The van der Waals surface area contributed by atoms with Crippen molar-refractivity contribution in [1.82, 2.24) is 0 Å². The standard InChI is InChI=1S/2C7H7FO/c1-9-7-4-2-3-6(8)5-7;1-9-7-5-3-2-4-6(7)8/h2*2-5H,1H3. The Bertz CT molecular complexity index is 487. The molecule has 96 valence electrons. The van der Waals surface area contributed by atoms with Crippen LogP contribution in [0.25, 0.3) is 0 Å². The van der Waals surface area contributed by atoms with Crippen molar-refractivity contribution >= 4 is 0 Å². The van der Waals surface area contributed by atoms with E-state index in [1.807, 2.05) is 0 Å². The van der Waals surface area contributed by atoms with E-state index in [1.54, 1.807) is 30.3 Å². The molecule has 0 saturated carbocycles. The van der Waals surface area contributed by atoms with Crippen LogP contribution in [-0.4, -0.2) is 14.2 Å². The minimum atomic E-state index is -0.319. The molecule has 0 spiro atoms. The summed E-state index contributed by atoms with van der Waals surface area (Å²) in [5.74, 6) is 0.252. The molecule has 0 aliphatic carbocycles. The first kappa shape index (κ1) is 14.0. The molecule has 0 atom stereocenters. The number of rotatable bonds is 2. The number of ether oxygens (including phenoxy) is 2. The Balaban J connectivity index is 0.000000180. The van der Waals surface area contributed by atoms with Crippen LogP contribution >= 0.6 is 0 Å². The van der Waals surface area contributed by atoms with Crippen LogP contribution in [0.5, 0.6) is 11.5 Å². The first-order valence-electron chi connectivity index (χ1n) is 5.25. The van der Waals surface area contributed by atoms with Crippen molar-refractivity contribution < 1.29 is 18.3 Å². The highest BCUT2D eigenvalue weighted by atomic mass is 19.1. The molecular weight excluding hydrogens is 238 g/mol. The monoisotopic (exact) mass is 252 g/mol. The molecule has 0 aromatic heterocycles. The maximum Gasteiger partial charge on any atom is 0.165 e. The van der Waals surface area contributed by atoms with Crippen LogP contribution in [0.3, 0.4) is 0 Å². The van der Waals surface area contributed by atoms with Crippen LogP contribution in [0.2, 0.25) is 0 Å². The van der Waals surface area contributed by atoms with Gasteiger partial charge in [-0.25, -0.2) is 8.78 Å². The minimum absolute atomic E-state index is 0.269. The van der Waals surface area contributed by atoms with Gasteiger partial charge in [0.05, 0.1) is 14.2 Å². The van der Waals surface area contributed by atoms with E-state index in [1.165, 1.54) is 32.4 Å². The summed E-state index contributed by atoms with van der Waals surface area (Å²) in [5.41, 5.74) is 0. The maximum absolute atomic E-state index is 12.5. The molecule has 0 aliphatic heterocycles. The van der Waals surface area contributed by atoms with Crippen molar-refractivity contribution in [3.8, 4) is 11.5 Å². The first-order valence-corrected chi connectivity index (χ1v) is 5.25. The van der Waals surface area contributed by atoms with Crippen LogP contribution in [0.4, 0.5) is 8.78 Å². The average molecular weight is 252 g/mol. The molecule has 0 aliphatic rings. The quantitative estimate of drug-likeness (QED) is 0.812. The molecule has 0 N–H and O–H groups in total. The van der Waals surface area contributed by atoms with Crippen LogP contribution in [0.1, 0.15) is 0 Å². The smallest absolute Gasteiger partial charge is 0.165 e. The summed E-state index contributed by atoms with van der Waals surface area (Å²) in [4.78, 5) is 0. The Morgan fingerprint density at radius 1 is 0.833 bits per heavy atom. The highest BCUT2D eigenvalue weighted by molar-refractivity contribution is 5.23. The van der Waals surface area contributed by atoms with E-state index in [9.17, 15) is 8.78 Å². The van der Waals surface area contributed by atoms with E-state index in [-0.39, 0.29) is 17.4 Å². The average Bonchev–Trinajstić information content (AvgIpc) is 2.40. The number of para-hydroxylation sites is 1. The van der Waals surface area contributed by atoms with Crippen molar-refractivity contribution in [1.29, 1.82) is 0 Å². The van der Waals surface area contributed by atoms with Crippen LogP contribution in [-0.2, 0) is 0 Å². The fourth-order valence-corrected chi connectivity index (χ4v) is 1.20. The second kappa shape index (κ2) is 7.27. The summed E-state index contributed by atoms with van der Waals surface area (Å²) in [6.45, 7) is 0. The molecule has 0 radical (unpaired) electrons. The van der Waals surface area contributed by atoms with E-state index in [4.69, 9.17) is 4.74 Å².